The average molecular weight is 273 g/mol. The van der Waals surface area contributed by atoms with E-state index in [4.69, 9.17) is 6.42 Å². The first-order chi connectivity index (χ1) is 9.51. The number of benzene rings is 1. The summed E-state index contributed by atoms with van der Waals surface area (Å²) in [5.74, 6) is 1.95. The van der Waals surface area contributed by atoms with E-state index in [0.29, 0.717) is 0 Å². The molecule has 1 rings (SSSR count). The van der Waals surface area contributed by atoms with Gasteiger partial charge in [0.25, 0.3) is 0 Å². The van der Waals surface area contributed by atoms with E-state index in [0.717, 1.165) is 11.3 Å². The lowest BCUT2D eigenvalue weighted by Gasteiger charge is -2.15. The molecule has 0 atom stereocenters. The number of amides is 2. The Bertz CT molecular complexity index is 503. The molecule has 106 valence electrons. The first kappa shape index (κ1) is 15.7. The van der Waals surface area contributed by atoms with E-state index in [1.54, 1.807) is 11.9 Å². The largest absolute Gasteiger partial charge is 0.344 e. The van der Waals surface area contributed by atoms with Crippen molar-refractivity contribution < 1.29 is 9.59 Å². The quantitative estimate of drug-likeness (QED) is 0.747. The van der Waals surface area contributed by atoms with Gasteiger partial charge in [0.05, 0.1) is 19.6 Å². The van der Waals surface area contributed by atoms with Gasteiger partial charge in [0.15, 0.2) is 0 Å². The summed E-state index contributed by atoms with van der Waals surface area (Å²) in [6, 6.07) is 7.53. The van der Waals surface area contributed by atoms with Crippen LogP contribution in [0.15, 0.2) is 24.3 Å². The molecule has 2 amide bonds. The number of terminal acetylenes is 1. The van der Waals surface area contributed by atoms with Crippen LogP contribution < -0.4 is 10.6 Å². The summed E-state index contributed by atoms with van der Waals surface area (Å²) in [7, 11) is 1.70. The lowest BCUT2D eigenvalue weighted by Crippen LogP contribution is -2.39. The minimum absolute atomic E-state index is 0.128. The molecule has 5 heteroatoms. The number of aryl methyl sites for hydroxylation is 1. The number of hydrogen-bond acceptors (Lipinski definition) is 3. The van der Waals surface area contributed by atoms with Crippen LogP contribution in [0, 0.1) is 19.3 Å². The van der Waals surface area contributed by atoms with Crippen LogP contribution in [0.4, 0.5) is 5.69 Å². The van der Waals surface area contributed by atoms with E-state index in [1.165, 1.54) is 0 Å². The van der Waals surface area contributed by atoms with Crippen LogP contribution in [0.1, 0.15) is 5.56 Å². The van der Waals surface area contributed by atoms with E-state index < -0.39 is 0 Å². The van der Waals surface area contributed by atoms with Crippen molar-refractivity contribution in [3.63, 3.8) is 0 Å². The summed E-state index contributed by atoms with van der Waals surface area (Å²) >= 11 is 0. The Hall–Kier alpha value is -2.32. The zero-order valence-electron chi connectivity index (χ0n) is 11.8. The van der Waals surface area contributed by atoms with Crippen molar-refractivity contribution >= 4 is 17.5 Å². The van der Waals surface area contributed by atoms with Crippen LogP contribution in [0.25, 0.3) is 0 Å². The molecule has 0 aromatic heterocycles. The van der Waals surface area contributed by atoms with E-state index >= 15 is 0 Å². The first-order valence-electron chi connectivity index (χ1n) is 6.26. The molecule has 20 heavy (non-hydrogen) atoms. The lowest BCUT2D eigenvalue weighted by atomic mass is 10.2. The number of anilines is 1. The molecule has 0 saturated carbocycles. The Morgan fingerprint density at radius 2 is 1.80 bits per heavy atom. The monoisotopic (exact) mass is 273 g/mol. The first-order valence-corrected chi connectivity index (χ1v) is 6.26. The lowest BCUT2D eigenvalue weighted by molar-refractivity contribution is -0.122. The van der Waals surface area contributed by atoms with Gasteiger partial charge in [-0.15, -0.1) is 6.42 Å². The molecule has 0 spiro atoms. The Morgan fingerprint density at radius 3 is 2.40 bits per heavy atom. The molecule has 0 bridgehead atoms. The number of nitrogens with one attached hydrogen (secondary N) is 2. The molecule has 0 fully saturated rings. The predicted molar refractivity (Wildman–Crippen MR) is 79.1 cm³/mol. The SMILES string of the molecule is C#CCNC(=O)CN(C)CC(=O)Nc1ccc(C)cc1. The Balaban J connectivity index is 2.36. The van der Waals surface area contributed by atoms with Crippen LogP contribution in [0.2, 0.25) is 0 Å². The van der Waals surface area contributed by atoms with Crippen LogP contribution >= 0.6 is 0 Å². The molecule has 2 N–H and O–H groups in total. The maximum atomic E-state index is 11.8. The highest BCUT2D eigenvalue weighted by Gasteiger charge is 2.10. The van der Waals surface area contributed by atoms with E-state index in [9.17, 15) is 9.59 Å². The second kappa shape index (κ2) is 7.97. The third-order valence-corrected chi connectivity index (χ3v) is 2.55. The second-order valence-electron chi connectivity index (χ2n) is 4.57. The smallest absolute Gasteiger partial charge is 0.238 e. The average Bonchev–Trinajstić information content (AvgIpc) is 2.38. The van der Waals surface area contributed by atoms with Crippen LogP contribution in [0.3, 0.4) is 0 Å². The summed E-state index contributed by atoms with van der Waals surface area (Å²) in [5, 5.41) is 5.32. The number of carbonyl (C=O) groups is 2. The molecule has 0 aliphatic carbocycles. The minimum Gasteiger partial charge on any atom is -0.344 e. The number of rotatable bonds is 6. The van der Waals surface area contributed by atoms with Gasteiger partial charge in [-0.3, -0.25) is 14.5 Å². The molecule has 1 aromatic rings. The van der Waals surface area contributed by atoms with Crippen molar-refractivity contribution in [2.24, 2.45) is 0 Å². The predicted octanol–water partition coefficient (Wildman–Crippen LogP) is 0.615. The van der Waals surface area contributed by atoms with Gasteiger partial charge in [0, 0.05) is 5.69 Å². The van der Waals surface area contributed by atoms with Crippen LogP contribution in [0.5, 0.6) is 0 Å². The summed E-state index contributed by atoms with van der Waals surface area (Å²) in [6.45, 7) is 2.44. The second-order valence-corrected chi connectivity index (χ2v) is 4.57. The van der Waals surface area contributed by atoms with Crippen molar-refractivity contribution in [1.82, 2.24) is 10.2 Å². The van der Waals surface area contributed by atoms with Gasteiger partial charge in [-0.2, -0.15) is 0 Å². The Morgan fingerprint density at radius 1 is 1.20 bits per heavy atom. The van der Waals surface area contributed by atoms with Crippen molar-refractivity contribution in [1.29, 1.82) is 0 Å². The molecule has 0 unspecified atom stereocenters. The highest BCUT2D eigenvalue weighted by molar-refractivity contribution is 5.92. The van der Waals surface area contributed by atoms with Gasteiger partial charge in [-0.05, 0) is 26.1 Å². The zero-order chi connectivity index (χ0) is 15.0. The van der Waals surface area contributed by atoms with E-state index in [-0.39, 0.29) is 31.4 Å². The summed E-state index contributed by atoms with van der Waals surface area (Å²) in [5.41, 5.74) is 1.87. The maximum absolute atomic E-state index is 11.8. The standard InChI is InChI=1S/C15H19N3O2/c1-4-9-16-14(19)10-18(3)11-15(20)17-13-7-5-12(2)6-8-13/h1,5-8H,9-11H2,2-3H3,(H,16,19)(H,17,20). The van der Waals surface area contributed by atoms with Gasteiger partial charge >= 0.3 is 0 Å². The number of carbonyl (C=O) groups excluding carboxylic acids is 2. The van der Waals surface area contributed by atoms with Crippen molar-refractivity contribution in [2.45, 2.75) is 6.92 Å². The van der Waals surface area contributed by atoms with Gasteiger partial charge in [-0.25, -0.2) is 0 Å². The topological polar surface area (TPSA) is 61.4 Å². The van der Waals surface area contributed by atoms with E-state index in [2.05, 4.69) is 16.6 Å². The van der Waals surface area contributed by atoms with Crippen LogP contribution in [-0.2, 0) is 9.59 Å². The highest BCUT2D eigenvalue weighted by atomic mass is 16.2. The summed E-state index contributed by atoms with van der Waals surface area (Å²) in [4.78, 5) is 24.8. The fraction of sp³-hybridized carbons (Fsp3) is 0.333. The molecule has 5 nitrogen and oxygen atoms in total. The third kappa shape index (κ3) is 6.03. The van der Waals surface area contributed by atoms with Crippen molar-refractivity contribution in [3.05, 3.63) is 29.8 Å². The Labute approximate surface area is 119 Å². The van der Waals surface area contributed by atoms with Gasteiger partial charge in [0.1, 0.15) is 0 Å². The van der Waals surface area contributed by atoms with Crippen molar-refractivity contribution in [3.8, 4) is 12.3 Å². The maximum Gasteiger partial charge on any atom is 0.238 e. The number of nitrogens with zero attached hydrogens (tertiary/aromatic N) is 1. The number of likely N-dealkylation sites (N-methyl/N-ethyl adjacent to an activating group) is 1. The number of hydrogen-bond donors (Lipinski definition) is 2. The van der Waals surface area contributed by atoms with E-state index in [1.807, 2.05) is 31.2 Å². The third-order valence-electron chi connectivity index (χ3n) is 2.55. The molecule has 0 radical (unpaired) electrons. The normalized spacial score (nSPS) is 9.90. The molecule has 0 aliphatic rings. The van der Waals surface area contributed by atoms with Crippen molar-refractivity contribution in [2.75, 3.05) is 32.0 Å². The van der Waals surface area contributed by atoms with Gasteiger partial charge in [0.2, 0.25) is 11.8 Å². The molecule has 0 aliphatic heterocycles. The van der Waals surface area contributed by atoms with Crippen LogP contribution in [-0.4, -0.2) is 43.4 Å². The fourth-order valence-corrected chi connectivity index (χ4v) is 1.59. The summed E-state index contributed by atoms with van der Waals surface area (Å²) < 4.78 is 0. The minimum atomic E-state index is -0.200. The Kier molecular flexibility index (Phi) is 6.27. The fourth-order valence-electron chi connectivity index (χ4n) is 1.59. The molecule has 0 heterocycles. The molecule has 0 saturated heterocycles. The molecular weight excluding hydrogens is 254 g/mol. The molecule has 1 aromatic carbocycles. The van der Waals surface area contributed by atoms with Gasteiger partial charge < -0.3 is 10.6 Å². The zero-order valence-corrected chi connectivity index (χ0v) is 11.8. The summed E-state index contributed by atoms with van der Waals surface area (Å²) in [6.07, 6.45) is 5.04. The van der Waals surface area contributed by atoms with Gasteiger partial charge in [-0.1, -0.05) is 23.6 Å². The highest BCUT2D eigenvalue weighted by Crippen LogP contribution is 2.08. The molecular formula is C15H19N3O2.